The molecular formula is C42H70O8. The van der Waals surface area contributed by atoms with Crippen molar-refractivity contribution in [3.63, 3.8) is 0 Å². The molecule has 0 saturated heterocycles. The fraction of sp³-hybridized carbons (Fsp3) is 0.810. The summed E-state index contributed by atoms with van der Waals surface area (Å²) in [5.74, 6) is -0.738. The van der Waals surface area contributed by atoms with Crippen molar-refractivity contribution in [1.82, 2.24) is 0 Å². The molecule has 5 aliphatic carbocycles. The third-order valence-electron chi connectivity index (χ3n) is 15.4. The van der Waals surface area contributed by atoms with Crippen molar-refractivity contribution in [1.29, 1.82) is 0 Å². The van der Waals surface area contributed by atoms with Crippen LogP contribution < -0.4 is 0 Å². The monoisotopic (exact) mass is 703 g/mol. The second kappa shape index (κ2) is 14.1. The van der Waals surface area contributed by atoms with Crippen molar-refractivity contribution in [2.45, 2.75) is 153 Å². The average Bonchev–Trinajstić information content (AvgIpc) is 3.03. The van der Waals surface area contributed by atoms with E-state index < -0.39 is 58.7 Å². The summed E-state index contributed by atoms with van der Waals surface area (Å²) in [5, 5.41) is 46.9. The summed E-state index contributed by atoms with van der Waals surface area (Å²) in [4.78, 5) is 25.6. The third-order valence-corrected chi connectivity index (χ3v) is 15.4. The molecule has 0 amide bonds. The number of fused-ring (bicyclic) bond motifs is 7. The van der Waals surface area contributed by atoms with Crippen LogP contribution in [0.5, 0.6) is 0 Å². The molecule has 12 atom stereocenters. The van der Waals surface area contributed by atoms with Crippen LogP contribution in [-0.4, -0.2) is 70.0 Å². The predicted molar refractivity (Wildman–Crippen MR) is 198 cm³/mol. The average molecular weight is 703 g/mol. The van der Waals surface area contributed by atoms with Gasteiger partial charge in [0.25, 0.3) is 0 Å². The lowest BCUT2D eigenvalue weighted by atomic mass is 9.33. The Bertz CT molecular complexity index is 1400. The fourth-order valence-electron chi connectivity index (χ4n) is 11.9. The Morgan fingerprint density at radius 2 is 1.46 bits per heavy atom. The van der Waals surface area contributed by atoms with E-state index in [-0.39, 0.29) is 56.0 Å². The number of aliphatic hydroxyl groups excluding tert-OH is 4. The topological polar surface area (TPSA) is 134 Å². The van der Waals surface area contributed by atoms with Crippen molar-refractivity contribution in [3.8, 4) is 0 Å². The Labute approximate surface area is 302 Å². The van der Waals surface area contributed by atoms with E-state index in [1.54, 1.807) is 32.9 Å². The van der Waals surface area contributed by atoms with Crippen molar-refractivity contribution in [2.75, 3.05) is 13.2 Å². The summed E-state index contributed by atoms with van der Waals surface area (Å²) in [6, 6.07) is 0. The number of esters is 2. The van der Waals surface area contributed by atoms with Gasteiger partial charge in [-0.2, -0.15) is 0 Å². The quantitative estimate of drug-likeness (QED) is 0.129. The number of ether oxygens (including phenoxy) is 2. The van der Waals surface area contributed by atoms with Gasteiger partial charge in [0, 0.05) is 22.0 Å². The zero-order chi connectivity index (χ0) is 35.8. The van der Waals surface area contributed by atoms with Gasteiger partial charge in [-0.3, -0.25) is 0 Å². The Morgan fingerprint density at radius 3 is 2.04 bits per heavy atom. The van der Waals surface area contributed by atoms with Gasteiger partial charge in [-0.25, -0.2) is 9.59 Å². The summed E-state index contributed by atoms with van der Waals surface area (Å²) in [6.07, 6.45) is 7.07. The molecule has 5 rings (SSSR count). The highest BCUT2D eigenvalue weighted by Crippen LogP contribution is 2.75. The minimum Gasteiger partial charge on any atom is -0.462 e. The zero-order valence-corrected chi connectivity index (χ0v) is 31.1. The maximum absolute atomic E-state index is 12.9. The van der Waals surface area contributed by atoms with Gasteiger partial charge in [-0.05, 0) is 107 Å². The molecule has 0 aromatic rings. The van der Waals surface area contributed by atoms with Gasteiger partial charge in [-0.1, -0.05) is 80.2 Å². The second-order valence-corrected chi connectivity index (χ2v) is 17.9. The standard InChI is InChI=1S/C40H62O8.2CH4/c1-11-23(3)33(45)47-22-37(8)27-15-18-38(9)28(36(27,7)17-16-29(37)42)14-13-25-26-19-35(5,6)32(48-34(46)24(4)12-2)31(44)40(26,21-41)30(43)20-39(25,38)10;;/h11-13,26-32,41-44H,14-22H2,1-10H3;2*1H4/b23-11+,24-12+;;/t26?,27?,28?,29-,30+,31-,32-,36-,37+,38+,39+,40-;;/m0../s1. The van der Waals surface area contributed by atoms with Crippen molar-refractivity contribution in [3.05, 3.63) is 34.9 Å². The maximum Gasteiger partial charge on any atom is 0.333 e. The largest absolute Gasteiger partial charge is 0.462 e. The van der Waals surface area contributed by atoms with Gasteiger partial charge in [0.2, 0.25) is 0 Å². The maximum atomic E-state index is 12.9. The van der Waals surface area contributed by atoms with E-state index in [9.17, 15) is 30.0 Å². The van der Waals surface area contributed by atoms with Crippen LogP contribution >= 0.6 is 0 Å². The molecule has 50 heavy (non-hydrogen) atoms. The van der Waals surface area contributed by atoms with E-state index in [4.69, 9.17) is 9.47 Å². The molecule has 3 unspecified atom stereocenters. The lowest BCUT2D eigenvalue weighted by Gasteiger charge is -2.72. The smallest absolute Gasteiger partial charge is 0.333 e. The van der Waals surface area contributed by atoms with Crippen LogP contribution in [0.2, 0.25) is 0 Å². The first-order valence-corrected chi connectivity index (χ1v) is 18.2. The van der Waals surface area contributed by atoms with E-state index in [1.165, 1.54) is 5.57 Å². The number of carbonyl (C=O) groups excluding carboxylic acids is 2. The van der Waals surface area contributed by atoms with Gasteiger partial charge in [0.1, 0.15) is 12.2 Å². The van der Waals surface area contributed by atoms with Crippen molar-refractivity contribution < 1.29 is 39.5 Å². The Hall–Kier alpha value is -2.00. The fourth-order valence-corrected chi connectivity index (χ4v) is 11.9. The molecule has 286 valence electrons. The summed E-state index contributed by atoms with van der Waals surface area (Å²) in [7, 11) is 0. The predicted octanol–water partition coefficient (Wildman–Crippen LogP) is 7.33. The summed E-state index contributed by atoms with van der Waals surface area (Å²) >= 11 is 0. The van der Waals surface area contributed by atoms with E-state index in [1.807, 2.05) is 20.8 Å². The van der Waals surface area contributed by atoms with Crippen LogP contribution in [0.1, 0.15) is 129 Å². The van der Waals surface area contributed by atoms with Crippen LogP contribution in [0.3, 0.4) is 0 Å². The van der Waals surface area contributed by atoms with Crippen LogP contribution in [0.15, 0.2) is 34.9 Å². The number of aliphatic hydroxyl groups is 4. The van der Waals surface area contributed by atoms with Crippen LogP contribution in [-0.2, 0) is 19.1 Å². The Kier molecular flexibility index (Phi) is 12.0. The Morgan fingerprint density at radius 1 is 0.860 bits per heavy atom. The molecule has 8 heteroatoms. The molecular weight excluding hydrogens is 632 g/mol. The van der Waals surface area contributed by atoms with Crippen molar-refractivity contribution in [2.24, 2.45) is 50.2 Å². The highest BCUT2D eigenvalue weighted by atomic mass is 16.6. The molecule has 0 bridgehead atoms. The molecule has 0 aliphatic heterocycles. The zero-order valence-electron chi connectivity index (χ0n) is 31.1. The van der Waals surface area contributed by atoms with E-state index >= 15 is 0 Å². The van der Waals surface area contributed by atoms with Gasteiger partial charge >= 0.3 is 11.9 Å². The summed E-state index contributed by atoms with van der Waals surface area (Å²) in [6.45, 7) is 19.9. The van der Waals surface area contributed by atoms with E-state index in [0.29, 0.717) is 30.4 Å². The second-order valence-electron chi connectivity index (χ2n) is 17.9. The number of hydrogen-bond donors (Lipinski definition) is 4. The van der Waals surface area contributed by atoms with Gasteiger partial charge < -0.3 is 29.9 Å². The van der Waals surface area contributed by atoms with E-state index in [2.05, 4.69) is 33.8 Å². The van der Waals surface area contributed by atoms with Gasteiger partial charge in [0.15, 0.2) is 0 Å². The number of carbonyl (C=O) groups is 2. The number of rotatable bonds is 6. The number of allylic oxidation sites excluding steroid dienone is 4. The first-order chi connectivity index (χ1) is 22.2. The molecule has 0 spiro atoms. The lowest BCUT2D eigenvalue weighted by molar-refractivity contribution is -0.262. The normalized spacial score (nSPS) is 45.2. The van der Waals surface area contributed by atoms with Gasteiger partial charge in [0.05, 0.1) is 30.8 Å². The molecule has 5 aliphatic rings. The first-order valence-electron chi connectivity index (χ1n) is 18.2. The summed E-state index contributed by atoms with van der Waals surface area (Å²) < 4.78 is 11.8. The van der Waals surface area contributed by atoms with Gasteiger partial charge in [-0.15, -0.1) is 0 Å². The highest BCUT2D eigenvalue weighted by Gasteiger charge is 2.73. The lowest BCUT2D eigenvalue weighted by Crippen LogP contribution is -2.72. The van der Waals surface area contributed by atoms with Crippen LogP contribution in [0, 0.1) is 50.2 Å². The third kappa shape index (κ3) is 5.78. The minimum atomic E-state index is -1.26. The van der Waals surface area contributed by atoms with E-state index in [0.717, 1.165) is 25.7 Å². The molecule has 8 nitrogen and oxygen atoms in total. The number of hydrogen-bond acceptors (Lipinski definition) is 8. The first kappa shape index (κ1) is 42.4. The SMILES string of the molecule is C.C.C/C=C(\C)C(=O)OC[C@]1(C)C2CC[C@]3(C)C(CC=C4C5CC(C)(C)[C@@H](OC(=O)/C(C)=C/C)[C@H](O)[C@]5(CO)[C@H](O)C[C@]43C)[C@@]2(C)CC[C@@H]1O. The molecule has 4 fully saturated rings. The molecule has 0 aromatic carbocycles. The Balaban J connectivity index is 0.00000338. The van der Waals surface area contributed by atoms with Crippen molar-refractivity contribution >= 4 is 11.9 Å². The molecule has 0 aromatic heterocycles. The minimum absolute atomic E-state index is 0. The molecule has 0 heterocycles. The summed E-state index contributed by atoms with van der Waals surface area (Å²) in [5.41, 5.74) is -0.994. The molecule has 0 radical (unpaired) electrons. The van der Waals surface area contributed by atoms with Crippen LogP contribution in [0.25, 0.3) is 0 Å². The highest BCUT2D eigenvalue weighted by molar-refractivity contribution is 5.88. The van der Waals surface area contributed by atoms with Crippen LogP contribution in [0.4, 0.5) is 0 Å². The molecule has 4 saturated carbocycles. The molecule has 4 N–H and O–H groups in total.